The number of rotatable bonds is 3. The normalized spacial score (nSPS) is 21.5. The Balaban J connectivity index is 2.28. The second-order valence-corrected chi connectivity index (χ2v) is 7.01. The van der Waals surface area contributed by atoms with Crippen LogP contribution in [0.25, 0.3) is 0 Å². The van der Waals surface area contributed by atoms with Gasteiger partial charge >= 0.3 is 0 Å². The summed E-state index contributed by atoms with van der Waals surface area (Å²) in [6.45, 7) is 0.514. The lowest BCUT2D eigenvalue weighted by molar-refractivity contribution is -0.0304. The Morgan fingerprint density at radius 3 is 2.89 bits per heavy atom. The van der Waals surface area contributed by atoms with Crippen LogP contribution in [0.2, 0.25) is 0 Å². The van der Waals surface area contributed by atoms with Crippen LogP contribution in [0.5, 0.6) is 0 Å². The molecule has 6 nitrogen and oxygen atoms in total. The van der Waals surface area contributed by atoms with Crippen molar-refractivity contribution in [2.24, 2.45) is 0 Å². The van der Waals surface area contributed by atoms with E-state index in [4.69, 9.17) is 15.6 Å². The summed E-state index contributed by atoms with van der Waals surface area (Å²) < 4.78 is 32.0. The van der Waals surface area contributed by atoms with Gasteiger partial charge in [0.15, 0.2) is 0 Å². The highest BCUT2D eigenvalue weighted by Crippen LogP contribution is 2.26. The van der Waals surface area contributed by atoms with Crippen molar-refractivity contribution >= 4 is 31.6 Å². The Hall–Kier alpha value is -0.670. The van der Waals surface area contributed by atoms with Crippen LogP contribution in [-0.4, -0.2) is 50.2 Å². The summed E-state index contributed by atoms with van der Waals surface area (Å²) in [5, 5.41) is 9.06. The topological polar surface area (TPSA) is 92.9 Å². The summed E-state index contributed by atoms with van der Waals surface area (Å²) in [4.78, 5) is 0.173. The minimum Gasteiger partial charge on any atom is -0.398 e. The number of halogens is 1. The Morgan fingerprint density at radius 1 is 1.53 bits per heavy atom. The first-order valence-corrected chi connectivity index (χ1v) is 7.96. The van der Waals surface area contributed by atoms with E-state index in [1.54, 1.807) is 6.07 Å². The molecule has 19 heavy (non-hydrogen) atoms. The molecule has 1 fully saturated rings. The molecule has 0 aromatic heterocycles. The number of anilines is 1. The third kappa shape index (κ3) is 3.09. The largest absolute Gasteiger partial charge is 0.398 e. The van der Waals surface area contributed by atoms with E-state index in [9.17, 15) is 8.42 Å². The predicted molar refractivity (Wildman–Crippen MR) is 74.1 cm³/mol. The van der Waals surface area contributed by atoms with Crippen molar-refractivity contribution in [1.29, 1.82) is 0 Å². The number of hydrogen-bond acceptors (Lipinski definition) is 5. The van der Waals surface area contributed by atoms with Crippen molar-refractivity contribution < 1.29 is 18.3 Å². The molecule has 1 unspecified atom stereocenters. The van der Waals surface area contributed by atoms with Crippen molar-refractivity contribution in [2.45, 2.75) is 11.0 Å². The SMILES string of the molecule is Nc1ccc(S(=O)(=O)N2CCOC(CO)C2)cc1Br. The van der Waals surface area contributed by atoms with E-state index >= 15 is 0 Å². The van der Waals surface area contributed by atoms with Gasteiger partial charge < -0.3 is 15.6 Å². The van der Waals surface area contributed by atoms with Gasteiger partial charge in [0.25, 0.3) is 0 Å². The molecule has 0 aliphatic carbocycles. The third-order valence-electron chi connectivity index (χ3n) is 2.91. The highest BCUT2D eigenvalue weighted by Gasteiger charge is 2.30. The summed E-state index contributed by atoms with van der Waals surface area (Å²) in [7, 11) is -3.59. The molecular weight excluding hydrogens is 336 g/mol. The molecule has 0 amide bonds. The van der Waals surface area contributed by atoms with Crippen molar-refractivity contribution in [3.05, 3.63) is 22.7 Å². The number of aliphatic hydroxyl groups excluding tert-OH is 1. The first-order chi connectivity index (χ1) is 8.95. The lowest BCUT2D eigenvalue weighted by atomic mass is 10.3. The summed E-state index contributed by atoms with van der Waals surface area (Å²) in [5.74, 6) is 0. The Kier molecular flexibility index (Phi) is 4.46. The van der Waals surface area contributed by atoms with Gasteiger partial charge in [0.1, 0.15) is 0 Å². The zero-order valence-electron chi connectivity index (χ0n) is 10.1. The molecule has 106 valence electrons. The zero-order valence-corrected chi connectivity index (χ0v) is 12.5. The smallest absolute Gasteiger partial charge is 0.243 e. The molecule has 1 aromatic rings. The predicted octanol–water partition coefficient (Wildman–Crippen LogP) is 0.413. The lowest BCUT2D eigenvalue weighted by Gasteiger charge is -2.31. The van der Waals surface area contributed by atoms with Crippen LogP contribution in [0, 0.1) is 0 Å². The molecule has 0 radical (unpaired) electrons. The van der Waals surface area contributed by atoms with Crippen LogP contribution in [0.4, 0.5) is 5.69 Å². The van der Waals surface area contributed by atoms with Gasteiger partial charge in [-0.25, -0.2) is 8.42 Å². The van der Waals surface area contributed by atoms with E-state index in [2.05, 4.69) is 15.9 Å². The van der Waals surface area contributed by atoms with E-state index < -0.39 is 16.1 Å². The molecule has 1 aliphatic heterocycles. The van der Waals surface area contributed by atoms with Crippen LogP contribution >= 0.6 is 15.9 Å². The van der Waals surface area contributed by atoms with Gasteiger partial charge in [-0.05, 0) is 34.1 Å². The van der Waals surface area contributed by atoms with Gasteiger partial charge in [-0.2, -0.15) is 4.31 Å². The minimum atomic E-state index is -3.59. The number of sulfonamides is 1. The number of nitrogens with two attached hydrogens (primary N) is 1. The van der Waals surface area contributed by atoms with Crippen LogP contribution in [0.3, 0.4) is 0 Å². The molecular formula is C11H15BrN2O4S. The van der Waals surface area contributed by atoms with Gasteiger partial charge in [0.05, 0.1) is 24.2 Å². The Morgan fingerprint density at radius 2 is 2.26 bits per heavy atom. The molecule has 1 saturated heterocycles. The molecule has 1 aromatic carbocycles. The highest BCUT2D eigenvalue weighted by atomic mass is 79.9. The highest BCUT2D eigenvalue weighted by molar-refractivity contribution is 9.10. The summed E-state index contributed by atoms with van der Waals surface area (Å²) in [6, 6.07) is 4.49. The summed E-state index contributed by atoms with van der Waals surface area (Å²) in [6.07, 6.45) is -0.472. The summed E-state index contributed by atoms with van der Waals surface area (Å²) in [5.41, 5.74) is 6.13. The molecule has 1 atom stereocenters. The van der Waals surface area contributed by atoms with E-state index in [0.29, 0.717) is 10.2 Å². The number of nitrogen functional groups attached to an aromatic ring is 1. The molecule has 1 aliphatic rings. The first-order valence-electron chi connectivity index (χ1n) is 5.73. The van der Waals surface area contributed by atoms with Crippen molar-refractivity contribution in [1.82, 2.24) is 4.31 Å². The maximum absolute atomic E-state index is 12.4. The number of benzene rings is 1. The number of hydrogen-bond donors (Lipinski definition) is 2. The van der Waals surface area contributed by atoms with E-state index in [1.807, 2.05) is 0 Å². The number of ether oxygens (including phenoxy) is 1. The van der Waals surface area contributed by atoms with Crippen LogP contribution < -0.4 is 5.73 Å². The van der Waals surface area contributed by atoms with Crippen molar-refractivity contribution in [2.75, 3.05) is 32.0 Å². The van der Waals surface area contributed by atoms with Gasteiger partial charge in [-0.1, -0.05) is 0 Å². The monoisotopic (exact) mass is 350 g/mol. The number of morpholine rings is 1. The molecule has 0 spiro atoms. The molecule has 2 rings (SSSR count). The third-order valence-corrected chi connectivity index (χ3v) is 5.46. The second kappa shape index (κ2) is 5.76. The van der Waals surface area contributed by atoms with E-state index in [0.717, 1.165) is 0 Å². The summed E-state index contributed by atoms with van der Waals surface area (Å²) >= 11 is 3.22. The maximum Gasteiger partial charge on any atom is 0.243 e. The van der Waals surface area contributed by atoms with Gasteiger partial charge in [0.2, 0.25) is 10.0 Å². The maximum atomic E-state index is 12.4. The standard InChI is InChI=1S/C11H15BrN2O4S/c12-10-5-9(1-2-11(10)13)19(16,17)14-3-4-18-8(6-14)7-15/h1-2,5,8,15H,3-4,6-7,13H2. The molecule has 8 heteroatoms. The Labute approximate surface area is 120 Å². The lowest BCUT2D eigenvalue weighted by Crippen LogP contribution is -2.46. The fourth-order valence-corrected chi connectivity index (χ4v) is 3.85. The van der Waals surface area contributed by atoms with Crippen molar-refractivity contribution in [3.8, 4) is 0 Å². The van der Waals surface area contributed by atoms with Gasteiger partial charge in [0, 0.05) is 23.2 Å². The molecule has 0 bridgehead atoms. The zero-order chi connectivity index (χ0) is 14.0. The molecule has 3 N–H and O–H groups in total. The Bertz CT molecular complexity index is 564. The molecule has 0 saturated carbocycles. The molecule has 1 heterocycles. The van der Waals surface area contributed by atoms with Crippen LogP contribution in [-0.2, 0) is 14.8 Å². The van der Waals surface area contributed by atoms with E-state index in [-0.39, 0.29) is 31.2 Å². The van der Waals surface area contributed by atoms with Gasteiger partial charge in [-0.15, -0.1) is 0 Å². The quantitative estimate of drug-likeness (QED) is 0.770. The van der Waals surface area contributed by atoms with Gasteiger partial charge in [-0.3, -0.25) is 0 Å². The van der Waals surface area contributed by atoms with Crippen molar-refractivity contribution in [3.63, 3.8) is 0 Å². The van der Waals surface area contributed by atoms with E-state index in [1.165, 1.54) is 16.4 Å². The fourth-order valence-electron chi connectivity index (χ4n) is 1.84. The van der Waals surface area contributed by atoms with Crippen LogP contribution in [0.15, 0.2) is 27.6 Å². The first kappa shape index (κ1) is 14.7. The second-order valence-electron chi connectivity index (χ2n) is 4.22. The average Bonchev–Trinajstić information content (AvgIpc) is 2.41. The average molecular weight is 351 g/mol. The van der Waals surface area contributed by atoms with Crippen LogP contribution in [0.1, 0.15) is 0 Å². The number of aliphatic hydroxyl groups is 1. The number of nitrogens with zero attached hydrogens (tertiary/aromatic N) is 1. The fraction of sp³-hybridized carbons (Fsp3) is 0.455. The minimum absolute atomic E-state index is 0.154.